The van der Waals surface area contributed by atoms with Crippen molar-refractivity contribution in [3.63, 3.8) is 0 Å². The third-order valence-corrected chi connectivity index (χ3v) is 6.60. The SMILES string of the molecule is C=CCn1c(SCC(=O)Nc2cccc(C(F)(F)F)c2)nnc1[C@@H](CC(C)C)NC(=O)c1ccccc1Cl. The van der Waals surface area contributed by atoms with E-state index < -0.39 is 23.7 Å². The zero-order valence-electron chi connectivity index (χ0n) is 20.8. The van der Waals surface area contributed by atoms with Crippen LogP contribution in [0, 0.1) is 5.92 Å². The van der Waals surface area contributed by atoms with Crippen molar-refractivity contribution < 1.29 is 22.8 Å². The first-order chi connectivity index (χ1) is 18.0. The minimum Gasteiger partial charge on any atom is -0.342 e. The molecule has 2 aromatic carbocycles. The van der Waals surface area contributed by atoms with Gasteiger partial charge in [0.25, 0.3) is 5.91 Å². The summed E-state index contributed by atoms with van der Waals surface area (Å²) in [4.78, 5) is 25.5. The molecule has 0 saturated carbocycles. The fraction of sp³-hybridized carbons (Fsp3) is 0.308. The predicted molar refractivity (Wildman–Crippen MR) is 142 cm³/mol. The number of aromatic nitrogens is 3. The molecule has 2 N–H and O–H groups in total. The summed E-state index contributed by atoms with van der Waals surface area (Å²) in [5.41, 5.74) is -0.482. The van der Waals surface area contributed by atoms with E-state index in [1.165, 1.54) is 12.1 Å². The molecule has 12 heteroatoms. The zero-order chi connectivity index (χ0) is 27.9. The fourth-order valence-electron chi connectivity index (χ4n) is 3.65. The van der Waals surface area contributed by atoms with Gasteiger partial charge in [0.2, 0.25) is 5.91 Å². The van der Waals surface area contributed by atoms with E-state index in [0.29, 0.717) is 34.5 Å². The van der Waals surface area contributed by atoms with Crippen LogP contribution in [0.1, 0.15) is 48.1 Å². The fourth-order valence-corrected chi connectivity index (χ4v) is 4.62. The van der Waals surface area contributed by atoms with Gasteiger partial charge in [0.15, 0.2) is 11.0 Å². The van der Waals surface area contributed by atoms with Crippen molar-refractivity contribution in [2.75, 3.05) is 11.1 Å². The lowest BCUT2D eigenvalue weighted by Crippen LogP contribution is -2.32. The van der Waals surface area contributed by atoms with Crippen molar-refractivity contribution in [2.24, 2.45) is 5.92 Å². The number of carbonyl (C=O) groups excluding carboxylic acids is 2. The Kier molecular flexibility index (Phi) is 9.98. The monoisotopic (exact) mass is 565 g/mol. The molecular formula is C26H27ClF3N5O2S. The maximum atomic E-state index is 13.0. The molecule has 38 heavy (non-hydrogen) atoms. The Morgan fingerprint density at radius 1 is 1.16 bits per heavy atom. The van der Waals surface area contributed by atoms with Crippen LogP contribution in [0.15, 0.2) is 66.3 Å². The van der Waals surface area contributed by atoms with Crippen LogP contribution in [-0.2, 0) is 17.5 Å². The van der Waals surface area contributed by atoms with E-state index in [2.05, 4.69) is 27.4 Å². The van der Waals surface area contributed by atoms with Gasteiger partial charge < -0.3 is 15.2 Å². The Bertz CT molecular complexity index is 1300. The minimum atomic E-state index is -4.51. The standard InChI is InChI=1S/C26H27ClF3N5O2S/c1-4-12-35-23(21(13-16(2)3)32-24(37)19-10-5-6-11-20(19)27)33-34-25(35)38-15-22(36)31-18-9-7-8-17(14-18)26(28,29)30/h4-11,14,16,21H,1,12-13,15H2,2-3H3,(H,31,36)(H,32,37)/t21-/m1/s1. The number of thioether (sulfide) groups is 1. The van der Waals surface area contributed by atoms with Gasteiger partial charge in [-0.2, -0.15) is 13.2 Å². The molecular weight excluding hydrogens is 539 g/mol. The minimum absolute atomic E-state index is 0.0398. The van der Waals surface area contributed by atoms with Gasteiger partial charge in [-0.3, -0.25) is 9.59 Å². The number of allylic oxidation sites excluding steroid dienone is 1. The van der Waals surface area contributed by atoms with Gasteiger partial charge in [0, 0.05) is 12.2 Å². The molecule has 0 unspecified atom stereocenters. The molecule has 7 nitrogen and oxygen atoms in total. The Balaban J connectivity index is 1.76. The highest BCUT2D eigenvalue weighted by atomic mass is 35.5. The highest BCUT2D eigenvalue weighted by Gasteiger charge is 2.30. The number of amides is 2. The van der Waals surface area contributed by atoms with Gasteiger partial charge in [-0.05, 0) is 42.7 Å². The molecule has 3 aromatic rings. The molecule has 0 fully saturated rings. The predicted octanol–water partition coefficient (Wildman–Crippen LogP) is 6.38. The van der Waals surface area contributed by atoms with Crippen molar-refractivity contribution in [1.82, 2.24) is 20.1 Å². The summed E-state index contributed by atoms with van der Waals surface area (Å²) in [6.45, 7) is 8.11. The second-order valence-corrected chi connectivity index (χ2v) is 10.1. The van der Waals surface area contributed by atoms with E-state index in [1.807, 2.05) is 13.8 Å². The second kappa shape index (κ2) is 13.0. The van der Waals surface area contributed by atoms with Crippen molar-refractivity contribution in [3.05, 3.63) is 83.2 Å². The van der Waals surface area contributed by atoms with Gasteiger partial charge in [-0.25, -0.2) is 0 Å². The second-order valence-electron chi connectivity index (χ2n) is 8.79. The molecule has 0 aliphatic heterocycles. The van der Waals surface area contributed by atoms with E-state index in [4.69, 9.17) is 11.6 Å². The van der Waals surface area contributed by atoms with Gasteiger partial charge in [-0.15, -0.1) is 16.8 Å². The average Bonchev–Trinajstić information content (AvgIpc) is 3.24. The van der Waals surface area contributed by atoms with Gasteiger partial charge in [0.05, 0.1) is 27.9 Å². The van der Waals surface area contributed by atoms with Crippen molar-refractivity contribution >= 4 is 40.9 Å². The Labute approximate surface area is 227 Å². The molecule has 3 rings (SSSR count). The van der Waals surface area contributed by atoms with E-state index >= 15 is 0 Å². The first-order valence-corrected chi connectivity index (χ1v) is 13.0. The number of carbonyl (C=O) groups is 2. The first kappa shape index (κ1) is 29.2. The van der Waals surface area contributed by atoms with Gasteiger partial charge >= 0.3 is 6.18 Å². The Morgan fingerprint density at radius 2 is 1.89 bits per heavy atom. The lowest BCUT2D eigenvalue weighted by atomic mass is 10.0. The number of nitrogens with one attached hydrogen (secondary N) is 2. The quantitative estimate of drug-likeness (QED) is 0.208. The summed E-state index contributed by atoms with van der Waals surface area (Å²) in [6, 6.07) is 10.6. The normalized spacial score (nSPS) is 12.3. The van der Waals surface area contributed by atoms with Crippen LogP contribution in [0.5, 0.6) is 0 Å². The van der Waals surface area contributed by atoms with Crippen molar-refractivity contribution in [1.29, 1.82) is 0 Å². The van der Waals surface area contributed by atoms with E-state index in [1.54, 1.807) is 34.9 Å². The van der Waals surface area contributed by atoms with Crippen molar-refractivity contribution in [2.45, 2.75) is 44.2 Å². The summed E-state index contributed by atoms with van der Waals surface area (Å²) < 4.78 is 40.6. The molecule has 1 heterocycles. The molecule has 0 bridgehead atoms. The molecule has 202 valence electrons. The van der Waals surface area contributed by atoms with Gasteiger partial charge in [0.1, 0.15) is 0 Å². The molecule has 0 radical (unpaired) electrons. The molecule has 0 aliphatic rings. The number of benzene rings is 2. The average molecular weight is 566 g/mol. The van der Waals surface area contributed by atoms with E-state index in [9.17, 15) is 22.8 Å². The highest BCUT2D eigenvalue weighted by Crippen LogP contribution is 2.31. The van der Waals surface area contributed by atoms with Crippen LogP contribution < -0.4 is 10.6 Å². The largest absolute Gasteiger partial charge is 0.416 e. The number of nitrogens with zero attached hydrogens (tertiary/aromatic N) is 3. The molecule has 0 aliphatic carbocycles. The summed E-state index contributed by atoms with van der Waals surface area (Å²) in [5, 5.41) is 14.7. The highest BCUT2D eigenvalue weighted by molar-refractivity contribution is 7.99. The summed E-state index contributed by atoms with van der Waals surface area (Å²) in [5.74, 6) is -0.291. The number of anilines is 1. The van der Waals surface area contributed by atoms with Crippen LogP contribution in [-0.4, -0.2) is 32.3 Å². The molecule has 0 spiro atoms. The third-order valence-electron chi connectivity index (χ3n) is 5.31. The van der Waals surface area contributed by atoms with E-state index in [-0.39, 0.29) is 23.3 Å². The van der Waals surface area contributed by atoms with E-state index in [0.717, 1.165) is 23.9 Å². The molecule has 2 amide bonds. The number of alkyl halides is 3. The maximum absolute atomic E-state index is 13.0. The number of rotatable bonds is 11. The molecule has 1 atom stereocenters. The van der Waals surface area contributed by atoms with Crippen LogP contribution in [0.4, 0.5) is 18.9 Å². The first-order valence-electron chi connectivity index (χ1n) is 11.7. The van der Waals surface area contributed by atoms with Crippen LogP contribution in [0.2, 0.25) is 5.02 Å². The lowest BCUT2D eigenvalue weighted by molar-refractivity contribution is -0.137. The summed E-state index contributed by atoms with van der Waals surface area (Å²) >= 11 is 7.27. The molecule has 0 saturated heterocycles. The number of hydrogen-bond donors (Lipinski definition) is 2. The van der Waals surface area contributed by atoms with Crippen LogP contribution in [0.3, 0.4) is 0 Å². The summed E-state index contributed by atoms with van der Waals surface area (Å²) in [7, 11) is 0. The smallest absolute Gasteiger partial charge is 0.342 e. The maximum Gasteiger partial charge on any atom is 0.416 e. The zero-order valence-corrected chi connectivity index (χ0v) is 22.3. The molecule has 1 aromatic heterocycles. The third kappa shape index (κ3) is 7.84. The number of halogens is 4. The Morgan fingerprint density at radius 3 is 2.55 bits per heavy atom. The van der Waals surface area contributed by atoms with Crippen molar-refractivity contribution in [3.8, 4) is 0 Å². The summed E-state index contributed by atoms with van der Waals surface area (Å²) in [6.07, 6.45) is -2.31. The van der Waals surface area contributed by atoms with Crippen LogP contribution in [0.25, 0.3) is 0 Å². The number of hydrogen-bond acceptors (Lipinski definition) is 5. The topological polar surface area (TPSA) is 88.9 Å². The Hall–Kier alpha value is -3.31. The van der Waals surface area contributed by atoms with Gasteiger partial charge in [-0.1, -0.05) is 61.5 Å². The lowest BCUT2D eigenvalue weighted by Gasteiger charge is -2.21. The van der Waals surface area contributed by atoms with Crippen LogP contribution >= 0.6 is 23.4 Å².